The zero-order valence-electron chi connectivity index (χ0n) is 17.5. The fourth-order valence-corrected chi connectivity index (χ4v) is 4.74. The second-order valence-corrected chi connectivity index (χ2v) is 8.29. The number of fused-ring (bicyclic) bond motifs is 2. The Hall–Kier alpha value is -3.42. The van der Waals surface area contributed by atoms with E-state index in [2.05, 4.69) is 42.8 Å². The molecule has 4 heterocycles. The topological polar surface area (TPSA) is 71.9 Å². The van der Waals surface area contributed by atoms with Crippen LogP contribution < -0.4 is 4.90 Å². The molecule has 0 spiro atoms. The molecule has 6 rings (SSSR count). The molecular weight excluding hydrogens is 424 g/mol. The number of aromatic nitrogens is 5. The molecule has 0 saturated carbocycles. The molecule has 0 amide bonds. The van der Waals surface area contributed by atoms with E-state index in [9.17, 15) is 0 Å². The van der Waals surface area contributed by atoms with Gasteiger partial charge in [-0.25, -0.2) is 4.98 Å². The molecule has 8 heteroatoms. The highest BCUT2D eigenvalue weighted by molar-refractivity contribution is 6.35. The molecule has 5 aromatic rings. The van der Waals surface area contributed by atoms with Crippen molar-refractivity contribution in [3.05, 3.63) is 65.7 Å². The van der Waals surface area contributed by atoms with Crippen molar-refractivity contribution >= 4 is 39.2 Å². The quantitative estimate of drug-likeness (QED) is 0.434. The standard InChI is InChI=1S/C24H21ClN6O/c1-15-28-24-18(20-5-8-27-29-20)13-16(30-9-11-32-12-10-30)14-22(24)31(15)21-6-7-26-23-17(21)3-2-4-19(23)25/h2-8,13-14H,9-12H2,1H3,(H,27,29). The van der Waals surface area contributed by atoms with Crippen LogP contribution in [0.15, 0.2) is 54.9 Å². The summed E-state index contributed by atoms with van der Waals surface area (Å²) in [6.45, 7) is 5.18. The van der Waals surface area contributed by atoms with E-state index in [1.807, 2.05) is 37.4 Å². The number of hydrogen-bond acceptors (Lipinski definition) is 5. The first-order valence-corrected chi connectivity index (χ1v) is 11.0. The van der Waals surface area contributed by atoms with Crippen LogP contribution in [-0.4, -0.2) is 51.0 Å². The minimum Gasteiger partial charge on any atom is -0.378 e. The van der Waals surface area contributed by atoms with Crippen molar-refractivity contribution in [3.63, 3.8) is 0 Å². The molecular formula is C24H21ClN6O. The zero-order chi connectivity index (χ0) is 21.7. The summed E-state index contributed by atoms with van der Waals surface area (Å²) in [5.41, 5.74) is 6.74. The van der Waals surface area contributed by atoms with Gasteiger partial charge < -0.3 is 9.64 Å². The normalized spacial score (nSPS) is 14.5. The maximum Gasteiger partial charge on any atom is 0.111 e. The Morgan fingerprint density at radius 1 is 1.06 bits per heavy atom. The van der Waals surface area contributed by atoms with Crippen molar-refractivity contribution in [1.29, 1.82) is 0 Å². The van der Waals surface area contributed by atoms with Gasteiger partial charge in [0.2, 0.25) is 0 Å². The zero-order valence-corrected chi connectivity index (χ0v) is 18.3. The first kappa shape index (κ1) is 19.3. The van der Waals surface area contributed by atoms with Crippen LogP contribution in [0.4, 0.5) is 5.69 Å². The molecule has 1 fully saturated rings. The molecule has 1 N–H and O–H groups in total. The predicted octanol–water partition coefficient (Wildman–Crippen LogP) is 4.76. The maximum atomic E-state index is 6.45. The van der Waals surface area contributed by atoms with E-state index in [-0.39, 0.29) is 0 Å². The number of imidazole rings is 1. The molecule has 2 aromatic carbocycles. The van der Waals surface area contributed by atoms with Crippen molar-refractivity contribution in [2.24, 2.45) is 0 Å². The highest BCUT2D eigenvalue weighted by Crippen LogP contribution is 2.36. The number of aromatic amines is 1. The number of para-hydroxylation sites is 1. The third-order valence-electron chi connectivity index (χ3n) is 6.01. The fraction of sp³-hybridized carbons (Fsp3) is 0.208. The molecule has 1 aliphatic heterocycles. The third kappa shape index (κ3) is 3.04. The molecule has 0 bridgehead atoms. The largest absolute Gasteiger partial charge is 0.378 e. The molecule has 160 valence electrons. The SMILES string of the molecule is Cc1nc2c(-c3cc[nH]n3)cc(N3CCOCC3)cc2n1-c1ccnc2c(Cl)cccc12. The van der Waals surface area contributed by atoms with Crippen molar-refractivity contribution in [2.45, 2.75) is 6.92 Å². The molecule has 0 radical (unpaired) electrons. The van der Waals surface area contributed by atoms with Crippen molar-refractivity contribution in [1.82, 2.24) is 24.7 Å². The van der Waals surface area contributed by atoms with Crippen LogP contribution in [0.5, 0.6) is 0 Å². The first-order valence-electron chi connectivity index (χ1n) is 10.6. The van der Waals surface area contributed by atoms with E-state index in [0.717, 1.165) is 76.7 Å². The van der Waals surface area contributed by atoms with E-state index >= 15 is 0 Å². The van der Waals surface area contributed by atoms with Crippen molar-refractivity contribution < 1.29 is 4.74 Å². The molecule has 32 heavy (non-hydrogen) atoms. The van der Waals surface area contributed by atoms with Gasteiger partial charge >= 0.3 is 0 Å². The summed E-state index contributed by atoms with van der Waals surface area (Å²) in [5.74, 6) is 0.892. The highest BCUT2D eigenvalue weighted by atomic mass is 35.5. The summed E-state index contributed by atoms with van der Waals surface area (Å²) in [4.78, 5) is 11.8. The minimum absolute atomic E-state index is 0.637. The van der Waals surface area contributed by atoms with Crippen LogP contribution >= 0.6 is 11.6 Å². The first-order chi connectivity index (χ1) is 15.7. The molecule has 0 aliphatic carbocycles. The highest BCUT2D eigenvalue weighted by Gasteiger charge is 2.21. The summed E-state index contributed by atoms with van der Waals surface area (Å²) in [5, 5.41) is 9.01. The maximum absolute atomic E-state index is 6.45. The van der Waals surface area contributed by atoms with E-state index in [1.54, 1.807) is 6.20 Å². The lowest BCUT2D eigenvalue weighted by Crippen LogP contribution is -2.36. The van der Waals surface area contributed by atoms with Gasteiger partial charge in [0.25, 0.3) is 0 Å². The Morgan fingerprint density at radius 2 is 1.94 bits per heavy atom. The summed E-state index contributed by atoms with van der Waals surface area (Å²) in [6, 6.07) is 14.3. The van der Waals surface area contributed by atoms with Gasteiger partial charge in [-0.1, -0.05) is 23.7 Å². The number of pyridine rings is 1. The van der Waals surface area contributed by atoms with Crippen molar-refractivity contribution in [2.75, 3.05) is 31.2 Å². The summed E-state index contributed by atoms with van der Waals surface area (Å²) < 4.78 is 7.76. The van der Waals surface area contributed by atoms with Gasteiger partial charge in [0.15, 0.2) is 0 Å². The van der Waals surface area contributed by atoms with Crippen LogP contribution in [0.3, 0.4) is 0 Å². The van der Waals surface area contributed by atoms with E-state index in [0.29, 0.717) is 5.02 Å². The number of hydrogen-bond donors (Lipinski definition) is 1. The Bertz CT molecular complexity index is 1440. The Labute approximate surface area is 189 Å². The van der Waals surface area contributed by atoms with Gasteiger partial charge in [0.05, 0.1) is 46.2 Å². The van der Waals surface area contributed by atoms with Gasteiger partial charge in [0, 0.05) is 42.1 Å². The van der Waals surface area contributed by atoms with Crippen LogP contribution in [0.2, 0.25) is 5.02 Å². The molecule has 1 saturated heterocycles. The number of morpholine rings is 1. The molecule has 0 unspecified atom stereocenters. The van der Waals surface area contributed by atoms with E-state index in [4.69, 9.17) is 21.3 Å². The molecule has 7 nitrogen and oxygen atoms in total. The monoisotopic (exact) mass is 444 g/mol. The van der Waals surface area contributed by atoms with Crippen LogP contribution in [0, 0.1) is 6.92 Å². The van der Waals surface area contributed by atoms with Crippen LogP contribution in [0.1, 0.15) is 5.82 Å². The number of nitrogens with zero attached hydrogens (tertiary/aromatic N) is 5. The number of anilines is 1. The van der Waals surface area contributed by atoms with Crippen LogP contribution in [-0.2, 0) is 4.74 Å². The van der Waals surface area contributed by atoms with Gasteiger partial charge in [-0.2, -0.15) is 5.10 Å². The summed E-state index contributed by atoms with van der Waals surface area (Å²) >= 11 is 6.45. The lowest BCUT2D eigenvalue weighted by Gasteiger charge is -2.29. The molecule has 1 aliphatic rings. The second kappa shape index (κ2) is 7.62. The Balaban J connectivity index is 1.66. The summed E-state index contributed by atoms with van der Waals surface area (Å²) in [6.07, 6.45) is 3.64. The lowest BCUT2D eigenvalue weighted by molar-refractivity contribution is 0.122. The lowest BCUT2D eigenvalue weighted by atomic mass is 10.1. The molecule has 0 atom stereocenters. The number of nitrogens with one attached hydrogen (secondary N) is 1. The van der Waals surface area contributed by atoms with Crippen molar-refractivity contribution in [3.8, 4) is 16.9 Å². The number of halogens is 1. The van der Waals surface area contributed by atoms with Gasteiger partial charge in [-0.3, -0.25) is 14.6 Å². The number of ether oxygens (including phenoxy) is 1. The number of aryl methyl sites for hydroxylation is 1. The third-order valence-corrected chi connectivity index (χ3v) is 6.31. The average molecular weight is 445 g/mol. The average Bonchev–Trinajstić information content (AvgIpc) is 3.47. The second-order valence-electron chi connectivity index (χ2n) is 7.88. The van der Waals surface area contributed by atoms with E-state index < -0.39 is 0 Å². The fourth-order valence-electron chi connectivity index (χ4n) is 4.51. The Kier molecular flexibility index (Phi) is 4.59. The minimum atomic E-state index is 0.637. The van der Waals surface area contributed by atoms with Gasteiger partial charge in [-0.05, 0) is 37.3 Å². The summed E-state index contributed by atoms with van der Waals surface area (Å²) in [7, 11) is 0. The smallest absolute Gasteiger partial charge is 0.111 e. The number of benzene rings is 2. The Morgan fingerprint density at radius 3 is 2.75 bits per heavy atom. The molecule has 3 aromatic heterocycles. The van der Waals surface area contributed by atoms with Crippen LogP contribution in [0.25, 0.3) is 38.9 Å². The predicted molar refractivity (Wildman–Crippen MR) is 127 cm³/mol. The van der Waals surface area contributed by atoms with E-state index in [1.165, 1.54) is 0 Å². The van der Waals surface area contributed by atoms with Gasteiger partial charge in [0.1, 0.15) is 5.82 Å². The van der Waals surface area contributed by atoms with Gasteiger partial charge in [-0.15, -0.1) is 0 Å². The number of H-pyrrole nitrogens is 1. The number of rotatable bonds is 3.